The van der Waals surface area contributed by atoms with Crippen molar-refractivity contribution in [3.8, 4) is 0 Å². The van der Waals surface area contributed by atoms with Gasteiger partial charge >= 0.3 is 0 Å². The Balaban J connectivity index is 1.88. The fourth-order valence-electron chi connectivity index (χ4n) is 4.86. The van der Waals surface area contributed by atoms with Crippen LogP contribution >= 0.6 is 0 Å². The van der Waals surface area contributed by atoms with Gasteiger partial charge in [-0.15, -0.1) is 0 Å². The highest BCUT2D eigenvalue weighted by molar-refractivity contribution is 5.81. The van der Waals surface area contributed by atoms with Crippen LogP contribution in [0.2, 0.25) is 0 Å². The lowest BCUT2D eigenvalue weighted by Crippen LogP contribution is -2.34. The van der Waals surface area contributed by atoms with Gasteiger partial charge in [-0.25, -0.2) is 0 Å². The SMILES string of the molecule is C[N+](C)([O-])CCCCC(=O)C(C1CCCCC1)C1CCCCC1. The first-order valence-corrected chi connectivity index (χ1v) is 10.0. The Hall–Kier alpha value is -0.410. The first-order valence-electron chi connectivity index (χ1n) is 10.0. The standard InChI is InChI=1S/C20H37NO2/c1-21(2,23)16-10-9-15-19(22)20(17-11-5-3-6-12-17)18-13-7-4-8-14-18/h17-18,20H,3-16H2,1-2H3. The van der Waals surface area contributed by atoms with E-state index in [1.165, 1.54) is 64.2 Å². The van der Waals surface area contributed by atoms with E-state index in [1.54, 1.807) is 14.1 Å². The summed E-state index contributed by atoms with van der Waals surface area (Å²) in [6, 6.07) is 0. The van der Waals surface area contributed by atoms with Crippen LogP contribution in [-0.4, -0.2) is 31.1 Å². The quantitative estimate of drug-likeness (QED) is 0.355. The third-order valence-electron chi connectivity index (χ3n) is 6.06. The van der Waals surface area contributed by atoms with Crippen LogP contribution in [0, 0.1) is 23.0 Å². The fraction of sp³-hybridized carbons (Fsp3) is 0.950. The van der Waals surface area contributed by atoms with Crippen molar-refractivity contribution in [3.05, 3.63) is 5.21 Å². The smallest absolute Gasteiger partial charge is 0.136 e. The summed E-state index contributed by atoms with van der Waals surface area (Å²) < 4.78 is -0.233. The highest BCUT2D eigenvalue weighted by Crippen LogP contribution is 2.41. The molecule has 2 aliphatic carbocycles. The van der Waals surface area contributed by atoms with Crippen LogP contribution in [0.4, 0.5) is 0 Å². The molecule has 0 bridgehead atoms. The normalized spacial score (nSPS) is 21.7. The highest BCUT2D eigenvalue weighted by atomic mass is 16.5. The minimum atomic E-state index is -0.233. The lowest BCUT2D eigenvalue weighted by molar-refractivity contribution is -0.840. The van der Waals surface area contributed by atoms with E-state index in [9.17, 15) is 10.0 Å². The first-order chi connectivity index (χ1) is 11.0. The largest absolute Gasteiger partial charge is 0.633 e. The fourth-order valence-corrected chi connectivity index (χ4v) is 4.86. The summed E-state index contributed by atoms with van der Waals surface area (Å²) in [7, 11) is 3.38. The van der Waals surface area contributed by atoms with E-state index in [1.807, 2.05) is 0 Å². The second kappa shape index (κ2) is 9.17. The van der Waals surface area contributed by atoms with E-state index >= 15 is 0 Å². The molecule has 0 unspecified atom stereocenters. The predicted octanol–water partition coefficient (Wildman–Crippen LogP) is 5.08. The Morgan fingerprint density at radius 3 is 1.83 bits per heavy atom. The molecular weight excluding hydrogens is 286 g/mol. The molecule has 0 atom stereocenters. The summed E-state index contributed by atoms with van der Waals surface area (Å²) in [6.07, 6.45) is 15.6. The van der Waals surface area contributed by atoms with E-state index in [4.69, 9.17) is 0 Å². The molecule has 0 heterocycles. The zero-order chi connectivity index (χ0) is 16.7. The zero-order valence-corrected chi connectivity index (χ0v) is 15.4. The molecule has 0 spiro atoms. The Bertz CT molecular complexity index is 331. The molecule has 0 saturated heterocycles. The molecule has 2 rings (SSSR count). The van der Waals surface area contributed by atoms with E-state index < -0.39 is 0 Å². The second-order valence-corrected chi connectivity index (χ2v) is 8.54. The maximum absolute atomic E-state index is 13.0. The third-order valence-corrected chi connectivity index (χ3v) is 6.06. The number of unbranched alkanes of at least 4 members (excludes halogenated alkanes) is 1. The summed E-state index contributed by atoms with van der Waals surface area (Å²) >= 11 is 0. The van der Waals surface area contributed by atoms with Crippen molar-refractivity contribution in [2.45, 2.75) is 83.5 Å². The number of carbonyl (C=O) groups excluding carboxylic acids is 1. The van der Waals surface area contributed by atoms with Gasteiger partial charge in [-0.2, -0.15) is 0 Å². The van der Waals surface area contributed by atoms with Gasteiger partial charge in [0.15, 0.2) is 0 Å². The van der Waals surface area contributed by atoms with Crippen LogP contribution in [-0.2, 0) is 4.79 Å². The van der Waals surface area contributed by atoms with Crippen molar-refractivity contribution >= 4 is 5.78 Å². The molecule has 2 fully saturated rings. The van der Waals surface area contributed by atoms with Gasteiger partial charge in [0, 0.05) is 12.3 Å². The van der Waals surface area contributed by atoms with E-state index in [0.717, 1.165) is 12.8 Å². The third kappa shape index (κ3) is 6.54. The van der Waals surface area contributed by atoms with Gasteiger partial charge in [-0.1, -0.05) is 38.5 Å². The lowest BCUT2D eigenvalue weighted by Gasteiger charge is -2.37. The van der Waals surface area contributed by atoms with Crippen molar-refractivity contribution in [1.82, 2.24) is 0 Å². The molecule has 0 aromatic heterocycles. The first kappa shape index (κ1) is 18.9. The van der Waals surface area contributed by atoms with Crippen LogP contribution in [0.15, 0.2) is 0 Å². The summed E-state index contributed by atoms with van der Waals surface area (Å²) in [5.74, 6) is 2.18. The second-order valence-electron chi connectivity index (χ2n) is 8.54. The summed E-state index contributed by atoms with van der Waals surface area (Å²) in [6.45, 7) is 0.630. The number of nitrogens with zero attached hydrogens (tertiary/aromatic N) is 1. The number of hydrogen-bond donors (Lipinski definition) is 0. The van der Waals surface area contributed by atoms with Gasteiger partial charge in [0.05, 0.1) is 20.6 Å². The van der Waals surface area contributed by atoms with Gasteiger partial charge in [0.1, 0.15) is 5.78 Å². The molecule has 3 heteroatoms. The lowest BCUT2D eigenvalue weighted by atomic mass is 9.67. The summed E-state index contributed by atoms with van der Waals surface area (Å²) in [5.41, 5.74) is 0. The number of hydrogen-bond acceptors (Lipinski definition) is 2. The minimum absolute atomic E-state index is 0.233. The monoisotopic (exact) mass is 323 g/mol. The molecule has 0 N–H and O–H groups in total. The van der Waals surface area contributed by atoms with Gasteiger partial charge in [0.2, 0.25) is 0 Å². The van der Waals surface area contributed by atoms with E-state index in [-0.39, 0.29) is 4.65 Å². The Labute approximate surface area is 143 Å². The Kier molecular flexibility index (Phi) is 7.55. The Morgan fingerprint density at radius 2 is 1.39 bits per heavy atom. The number of ketones is 1. The van der Waals surface area contributed by atoms with Crippen LogP contribution in [0.5, 0.6) is 0 Å². The average Bonchev–Trinajstić information content (AvgIpc) is 2.53. The number of carbonyl (C=O) groups is 1. The molecule has 0 radical (unpaired) electrons. The molecular formula is C20H37NO2. The summed E-state index contributed by atoms with van der Waals surface area (Å²) in [4.78, 5) is 13.0. The molecule has 2 aliphatic rings. The van der Waals surface area contributed by atoms with Crippen molar-refractivity contribution in [1.29, 1.82) is 0 Å². The molecule has 3 nitrogen and oxygen atoms in total. The van der Waals surface area contributed by atoms with Crippen LogP contribution < -0.4 is 0 Å². The van der Waals surface area contributed by atoms with Gasteiger partial charge in [-0.3, -0.25) is 4.79 Å². The molecule has 0 aromatic rings. The Morgan fingerprint density at radius 1 is 0.913 bits per heavy atom. The van der Waals surface area contributed by atoms with Gasteiger partial charge in [-0.05, 0) is 50.4 Å². The minimum Gasteiger partial charge on any atom is -0.633 e. The van der Waals surface area contributed by atoms with Gasteiger partial charge < -0.3 is 9.85 Å². The molecule has 0 amide bonds. The van der Waals surface area contributed by atoms with E-state index in [2.05, 4.69) is 0 Å². The van der Waals surface area contributed by atoms with Crippen LogP contribution in [0.1, 0.15) is 83.5 Å². The predicted molar refractivity (Wildman–Crippen MR) is 95.8 cm³/mol. The zero-order valence-electron chi connectivity index (χ0n) is 15.4. The molecule has 0 aromatic carbocycles. The van der Waals surface area contributed by atoms with Crippen molar-refractivity contribution in [2.24, 2.45) is 17.8 Å². The van der Waals surface area contributed by atoms with Crippen LogP contribution in [0.3, 0.4) is 0 Å². The topological polar surface area (TPSA) is 40.1 Å². The molecule has 23 heavy (non-hydrogen) atoms. The maximum Gasteiger partial charge on any atom is 0.136 e. The van der Waals surface area contributed by atoms with Gasteiger partial charge in [0.25, 0.3) is 0 Å². The van der Waals surface area contributed by atoms with Crippen molar-refractivity contribution in [3.63, 3.8) is 0 Å². The number of rotatable bonds is 8. The summed E-state index contributed by atoms with van der Waals surface area (Å²) in [5, 5.41) is 11.6. The maximum atomic E-state index is 13.0. The number of quaternary nitrogens is 1. The van der Waals surface area contributed by atoms with Crippen molar-refractivity contribution in [2.75, 3.05) is 20.6 Å². The average molecular weight is 324 g/mol. The number of Topliss-reactive ketones (excluding diaryl/α,β-unsaturated/α-hetero) is 1. The van der Waals surface area contributed by atoms with Crippen LogP contribution in [0.25, 0.3) is 0 Å². The highest BCUT2D eigenvalue weighted by Gasteiger charge is 2.35. The molecule has 0 aliphatic heterocycles. The molecule has 2 saturated carbocycles. The van der Waals surface area contributed by atoms with E-state index in [0.29, 0.717) is 36.5 Å². The van der Waals surface area contributed by atoms with Crippen molar-refractivity contribution < 1.29 is 9.44 Å². The molecule has 134 valence electrons. The number of hydroxylamine groups is 3.